The number of carbonyl (C=O) groups excluding carboxylic acids is 2. The van der Waals surface area contributed by atoms with E-state index in [1.54, 1.807) is 12.5 Å². The van der Waals surface area contributed by atoms with Crippen molar-refractivity contribution in [3.8, 4) is 0 Å². The molecule has 0 heterocycles. The Balaban J connectivity index is 1.66. The Morgan fingerprint density at radius 2 is 1.73 bits per heavy atom. The molecule has 0 amide bonds. The van der Waals surface area contributed by atoms with Gasteiger partial charge in [-0.15, -0.1) is 5.16 Å². The highest BCUT2D eigenvalue weighted by molar-refractivity contribution is 6.69. The first-order valence-corrected chi connectivity index (χ1v) is 16.3. The van der Waals surface area contributed by atoms with Crippen LogP contribution in [0.5, 0.6) is 0 Å². The Kier molecular flexibility index (Phi) is 6.03. The van der Waals surface area contributed by atoms with Gasteiger partial charge < -0.3 is 9.26 Å². The third-order valence-electron chi connectivity index (χ3n) is 9.74. The van der Waals surface area contributed by atoms with E-state index in [1.165, 1.54) is 6.92 Å². The molecule has 33 heavy (non-hydrogen) atoms. The van der Waals surface area contributed by atoms with E-state index in [-0.39, 0.29) is 22.6 Å². The highest BCUT2D eigenvalue weighted by Crippen LogP contribution is 2.69. The SMILES string of the molecule is CC(=O)O[C@]1(C(C)=O)CC[C@H]2[C@@H]3C[C@H](C)C4=C/C(=N\O[Si](C)(C)C)CC[C@]4(C)[C@H]3CC[C@@]21C. The molecule has 0 aromatic carbocycles. The van der Waals surface area contributed by atoms with Crippen molar-refractivity contribution in [2.24, 2.45) is 39.7 Å². The normalized spacial score (nSPS) is 43.8. The zero-order chi connectivity index (χ0) is 24.4. The lowest BCUT2D eigenvalue weighted by Gasteiger charge is -2.60. The minimum atomic E-state index is -1.69. The molecule has 3 saturated carbocycles. The van der Waals surface area contributed by atoms with Crippen LogP contribution in [0.15, 0.2) is 16.8 Å². The van der Waals surface area contributed by atoms with Crippen molar-refractivity contribution in [2.75, 3.05) is 0 Å². The molecule has 0 aliphatic heterocycles. The number of allylic oxidation sites excluding steroid dienone is 2. The maximum Gasteiger partial charge on any atom is 0.303 e. The lowest BCUT2D eigenvalue weighted by molar-refractivity contribution is -0.187. The monoisotopic (exact) mass is 473 g/mol. The molecule has 0 saturated heterocycles. The first kappa shape index (κ1) is 24.7. The number of oxime groups is 1. The Bertz CT molecular complexity index is 904. The first-order valence-electron chi connectivity index (χ1n) is 12.9. The number of carbonyl (C=O) groups is 2. The molecule has 0 N–H and O–H groups in total. The third kappa shape index (κ3) is 3.84. The van der Waals surface area contributed by atoms with Crippen molar-refractivity contribution in [1.29, 1.82) is 0 Å². The van der Waals surface area contributed by atoms with E-state index in [1.807, 2.05) is 0 Å². The predicted octanol–water partition coefficient (Wildman–Crippen LogP) is 6.29. The minimum Gasteiger partial charge on any atom is -0.455 e. The average molecular weight is 474 g/mol. The van der Waals surface area contributed by atoms with E-state index in [0.717, 1.165) is 44.2 Å². The van der Waals surface area contributed by atoms with Gasteiger partial charge in [-0.2, -0.15) is 0 Å². The summed E-state index contributed by atoms with van der Waals surface area (Å²) in [7, 11) is -1.69. The molecule has 7 atom stereocenters. The number of hydrogen-bond acceptors (Lipinski definition) is 5. The molecule has 4 aliphatic carbocycles. The average Bonchev–Trinajstić information content (AvgIpc) is 2.99. The Hall–Kier alpha value is -1.43. The number of hydrogen-bond donors (Lipinski definition) is 0. The summed E-state index contributed by atoms with van der Waals surface area (Å²) < 4.78 is 11.8. The predicted molar refractivity (Wildman–Crippen MR) is 133 cm³/mol. The van der Waals surface area contributed by atoms with Crippen LogP contribution in [0.1, 0.15) is 79.6 Å². The second-order valence-corrected chi connectivity index (χ2v) is 17.2. The maximum atomic E-state index is 12.9. The van der Waals surface area contributed by atoms with Gasteiger partial charge in [-0.3, -0.25) is 9.59 Å². The fraction of sp³-hybridized carbons (Fsp3) is 0.815. The number of Topliss-reactive ketones (excluding diaryl/α,β-unsaturated/α-hetero) is 1. The molecular weight excluding hydrogens is 430 g/mol. The summed E-state index contributed by atoms with van der Waals surface area (Å²) in [6.45, 7) is 16.7. The molecule has 0 unspecified atom stereocenters. The molecule has 184 valence electrons. The number of nitrogens with zero attached hydrogens (tertiary/aromatic N) is 1. The largest absolute Gasteiger partial charge is 0.455 e. The van der Waals surface area contributed by atoms with Gasteiger partial charge in [0.25, 0.3) is 8.32 Å². The van der Waals surface area contributed by atoms with Crippen LogP contribution in [-0.2, 0) is 18.9 Å². The first-order chi connectivity index (χ1) is 15.2. The van der Waals surface area contributed by atoms with Crippen LogP contribution in [0.2, 0.25) is 19.6 Å². The van der Waals surface area contributed by atoms with Gasteiger partial charge in [0.15, 0.2) is 11.4 Å². The molecule has 4 aliphatic rings. The number of fused-ring (bicyclic) bond motifs is 5. The van der Waals surface area contributed by atoms with Gasteiger partial charge in [0.1, 0.15) is 0 Å². The standard InChI is InChI=1S/C27H43NO4Si/c1-17-15-21-22(25(4)12-9-20(16-24(17)25)28-32-33(6,7)8)10-13-26(5)23(21)11-14-27(26,18(2)29)31-19(3)30/h16-17,21-23H,9-15H2,1-8H3/b28-20-/t17-,21+,22-,23-,25+,26-,27-/m0/s1. The zero-order valence-electron chi connectivity index (χ0n) is 21.9. The van der Waals surface area contributed by atoms with Crippen molar-refractivity contribution in [3.05, 3.63) is 11.6 Å². The topological polar surface area (TPSA) is 65.0 Å². The highest BCUT2D eigenvalue weighted by atomic mass is 28.4. The van der Waals surface area contributed by atoms with Crippen molar-refractivity contribution >= 4 is 25.8 Å². The van der Waals surface area contributed by atoms with Gasteiger partial charge in [-0.05, 0) is 107 Å². The van der Waals surface area contributed by atoms with Crippen LogP contribution in [0.25, 0.3) is 0 Å². The molecule has 0 radical (unpaired) electrons. The molecule has 3 fully saturated rings. The Morgan fingerprint density at radius 3 is 2.33 bits per heavy atom. The van der Waals surface area contributed by atoms with E-state index in [9.17, 15) is 9.59 Å². The smallest absolute Gasteiger partial charge is 0.303 e. The quantitative estimate of drug-likeness (QED) is 0.273. The van der Waals surface area contributed by atoms with Crippen molar-refractivity contribution in [3.63, 3.8) is 0 Å². The van der Waals surface area contributed by atoms with Crippen LogP contribution >= 0.6 is 0 Å². The summed E-state index contributed by atoms with van der Waals surface area (Å²) in [4.78, 5) is 25.0. The third-order valence-corrected chi connectivity index (χ3v) is 10.4. The Labute approximate surface area is 200 Å². The number of ether oxygens (including phenoxy) is 1. The number of ketones is 1. The van der Waals surface area contributed by atoms with Gasteiger partial charge in [-0.25, -0.2) is 0 Å². The van der Waals surface area contributed by atoms with Crippen molar-refractivity contribution < 1.29 is 18.9 Å². The summed E-state index contributed by atoms with van der Waals surface area (Å²) in [5, 5.41) is 4.56. The van der Waals surface area contributed by atoms with Gasteiger partial charge in [-0.1, -0.05) is 26.3 Å². The molecule has 0 aromatic rings. The molecule has 4 rings (SSSR count). The number of esters is 1. The number of rotatable bonds is 4. The summed E-state index contributed by atoms with van der Waals surface area (Å²) in [5.74, 6) is 1.77. The Morgan fingerprint density at radius 1 is 1.06 bits per heavy atom. The van der Waals surface area contributed by atoms with Crippen LogP contribution in [-0.4, -0.2) is 31.4 Å². The van der Waals surface area contributed by atoms with Crippen LogP contribution in [0.4, 0.5) is 0 Å². The van der Waals surface area contributed by atoms with E-state index in [2.05, 4.69) is 51.6 Å². The molecule has 0 bridgehead atoms. The van der Waals surface area contributed by atoms with Gasteiger partial charge in [0, 0.05) is 12.3 Å². The summed E-state index contributed by atoms with van der Waals surface area (Å²) in [6.07, 6.45) is 9.26. The minimum absolute atomic E-state index is 0.0257. The molecule has 0 aromatic heterocycles. The summed E-state index contributed by atoms with van der Waals surface area (Å²) in [6, 6.07) is 0. The lowest BCUT2D eigenvalue weighted by atomic mass is 9.44. The molecule has 6 heteroatoms. The van der Waals surface area contributed by atoms with Gasteiger partial charge >= 0.3 is 5.97 Å². The van der Waals surface area contributed by atoms with Gasteiger partial charge in [0.05, 0.1) is 5.71 Å². The van der Waals surface area contributed by atoms with E-state index in [4.69, 9.17) is 9.26 Å². The van der Waals surface area contributed by atoms with Crippen molar-refractivity contribution in [2.45, 2.75) is 105 Å². The highest BCUT2D eigenvalue weighted by Gasteiger charge is 2.68. The fourth-order valence-electron chi connectivity index (χ4n) is 8.32. The second-order valence-electron chi connectivity index (χ2n) is 12.8. The molecule has 5 nitrogen and oxygen atoms in total. The van der Waals surface area contributed by atoms with Crippen LogP contribution < -0.4 is 0 Å². The van der Waals surface area contributed by atoms with E-state index >= 15 is 0 Å². The van der Waals surface area contributed by atoms with Gasteiger partial charge in [0.2, 0.25) is 0 Å². The zero-order valence-corrected chi connectivity index (χ0v) is 22.9. The molecular formula is C27H43NO4Si. The second kappa shape index (κ2) is 8.06. The lowest BCUT2D eigenvalue weighted by Crippen LogP contribution is -2.59. The van der Waals surface area contributed by atoms with Crippen molar-refractivity contribution in [1.82, 2.24) is 0 Å². The summed E-state index contributed by atoms with van der Waals surface area (Å²) in [5.41, 5.74) is 1.60. The van der Waals surface area contributed by atoms with Crippen LogP contribution in [0, 0.1) is 34.5 Å². The van der Waals surface area contributed by atoms with Crippen LogP contribution in [0.3, 0.4) is 0 Å². The van der Waals surface area contributed by atoms with E-state index in [0.29, 0.717) is 30.1 Å². The maximum absolute atomic E-state index is 12.9. The van der Waals surface area contributed by atoms with E-state index < -0.39 is 13.9 Å². The summed E-state index contributed by atoms with van der Waals surface area (Å²) >= 11 is 0. The fourth-order valence-corrected chi connectivity index (χ4v) is 8.72. The molecule has 0 spiro atoms.